The number of nitrogens with zero attached hydrogens (tertiary/aromatic N) is 4. The van der Waals surface area contributed by atoms with E-state index in [0.29, 0.717) is 23.0 Å². The van der Waals surface area contributed by atoms with Gasteiger partial charge in [-0.3, -0.25) is 30.4 Å². The number of rotatable bonds is 6. The summed E-state index contributed by atoms with van der Waals surface area (Å²) < 4.78 is 0. The van der Waals surface area contributed by atoms with Crippen molar-refractivity contribution in [2.45, 2.75) is 13.8 Å². The summed E-state index contributed by atoms with van der Waals surface area (Å²) in [6, 6.07) is 12.5. The Kier molecular flexibility index (Phi) is 10.1. The van der Waals surface area contributed by atoms with E-state index < -0.39 is 12.1 Å². The van der Waals surface area contributed by atoms with Gasteiger partial charge in [0.15, 0.2) is 11.6 Å². The second-order valence-electron chi connectivity index (χ2n) is 7.51. The van der Waals surface area contributed by atoms with Gasteiger partial charge >= 0.3 is 12.1 Å². The third-order valence-electron chi connectivity index (χ3n) is 4.40. The minimum atomic E-state index is -0.730. The molecule has 0 saturated carbocycles. The van der Waals surface area contributed by atoms with Crippen LogP contribution in [0, 0.1) is 0 Å². The maximum atomic E-state index is 10.9. The number of anilines is 4. The minimum Gasteiger partial charge on any atom is -0.412 e. The quantitative estimate of drug-likeness (QED) is 0.175. The largest absolute Gasteiger partial charge is 0.412 e. The maximum absolute atomic E-state index is 10.9. The number of primary amides is 2. The smallest absolute Gasteiger partial charge is 0.319 e. The first-order chi connectivity index (χ1) is 18.1. The molecule has 0 bridgehead atoms. The third kappa shape index (κ3) is 9.28. The number of hydrogen-bond acceptors (Lipinski definition) is 8. The van der Waals surface area contributed by atoms with Gasteiger partial charge in [-0.2, -0.15) is 9.97 Å². The van der Waals surface area contributed by atoms with Crippen LogP contribution < -0.4 is 32.7 Å². The number of urea groups is 2. The van der Waals surface area contributed by atoms with Gasteiger partial charge in [-0.05, 0) is 48.5 Å². The van der Waals surface area contributed by atoms with Gasteiger partial charge in [0.2, 0.25) is 23.7 Å². The van der Waals surface area contributed by atoms with Crippen molar-refractivity contribution in [2.75, 3.05) is 21.3 Å². The van der Waals surface area contributed by atoms with Gasteiger partial charge < -0.3 is 27.6 Å². The Balaban J connectivity index is 0.000000267. The predicted molar refractivity (Wildman–Crippen MR) is 142 cm³/mol. The van der Waals surface area contributed by atoms with Crippen molar-refractivity contribution >= 4 is 47.1 Å². The van der Waals surface area contributed by atoms with Crippen LogP contribution in [0.1, 0.15) is 13.8 Å². The van der Waals surface area contributed by atoms with E-state index in [2.05, 4.69) is 51.6 Å². The Bertz CT molecular complexity index is 1320. The Morgan fingerprint density at radius 2 is 0.949 bits per heavy atom. The highest BCUT2D eigenvalue weighted by Gasteiger charge is 2.08. The van der Waals surface area contributed by atoms with E-state index >= 15 is 0 Å². The standard InChI is InChI=1S/2C11H12N6O2.H2O/c2*1-6(18)13-8-4-2-7(3-5-8)9-14-11(17-16-9)15-10(12)19;/h2*2-5H,1H3,(H,13,18)(H4,12,14,15,16,17,19);1H2. The maximum Gasteiger partial charge on any atom is 0.319 e. The van der Waals surface area contributed by atoms with Gasteiger partial charge in [-0.1, -0.05) is 0 Å². The summed E-state index contributed by atoms with van der Waals surface area (Å²) in [5.41, 5.74) is 12.8. The second kappa shape index (κ2) is 13.5. The fourth-order valence-electron chi connectivity index (χ4n) is 2.94. The molecule has 0 saturated heterocycles. The molecule has 0 radical (unpaired) electrons. The Morgan fingerprint density at radius 1 is 0.615 bits per heavy atom. The van der Waals surface area contributed by atoms with Crippen molar-refractivity contribution in [3.8, 4) is 22.8 Å². The fourth-order valence-corrected chi connectivity index (χ4v) is 2.94. The SMILES string of the molecule is CC(=O)Nc1ccc(-c2nc(NC(N)=O)n[nH]2)cc1.CC(=O)Nc1ccc(-c2nc(NC(N)=O)n[nH]2)cc1.O. The predicted octanol–water partition coefficient (Wildman–Crippen LogP) is 1.02. The molecule has 4 aromatic rings. The third-order valence-corrected chi connectivity index (χ3v) is 4.40. The first-order valence-corrected chi connectivity index (χ1v) is 10.8. The number of carbonyl (C=O) groups excluding carboxylic acids is 4. The van der Waals surface area contributed by atoms with E-state index in [0.717, 1.165) is 11.1 Å². The van der Waals surface area contributed by atoms with E-state index in [-0.39, 0.29) is 29.2 Å². The highest BCUT2D eigenvalue weighted by Crippen LogP contribution is 2.20. The van der Waals surface area contributed by atoms with E-state index in [1.807, 2.05) is 0 Å². The molecule has 204 valence electrons. The van der Waals surface area contributed by atoms with E-state index in [1.165, 1.54) is 13.8 Å². The molecule has 6 amide bonds. The number of aromatic amines is 2. The lowest BCUT2D eigenvalue weighted by Crippen LogP contribution is -2.20. The van der Waals surface area contributed by atoms with Gasteiger partial charge in [0, 0.05) is 36.3 Å². The van der Waals surface area contributed by atoms with E-state index in [9.17, 15) is 19.2 Å². The van der Waals surface area contributed by atoms with Crippen LogP contribution in [0.3, 0.4) is 0 Å². The molecule has 0 aliphatic rings. The zero-order valence-corrected chi connectivity index (χ0v) is 20.7. The number of hydrogen-bond donors (Lipinski definition) is 8. The van der Waals surface area contributed by atoms with Gasteiger partial charge in [0.05, 0.1) is 0 Å². The first kappa shape index (κ1) is 29.4. The molecule has 0 unspecified atom stereocenters. The normalized spacial score (nSPS) is 9.69. The highest BCUT2D eigenvalue weighted by molar-refractivity contribution is 5.90. The molecule has 0 aliphatic heterocycles. The average Bonchev–Trinajstić information content (AvgIpc) is 3.49. The molecule has 17 heteroatoms. The van der Waals surface area contributed by atoms with Gasteiger partial charge in [-0.25, -0.2) is 9.59 Å². The lowest BCUT2D eigenvalue weighted by Gasteiger charge is -2.02. The van der Waals surface area contributed by atoms with Gasteiger partial charge in [-0.15, -0.1) is 10.2 Å². The van der Waals surface area contributed by atoms with Crippen LogP contribution in [0.15, 0.2) is 48.5 Å². The number of amides is 6. The molecule has 4 rings (SSSR count). The second-order valence-corrected chi connectivity index (χ2v) is 7.51. The zero-order valence-electron chi connectivity index (χ0n) is 20.7. The Morgan fingerprint density at radius 3 is 1.23 bits per heavy atom. The van der Waals surface area contributed by atoms with Gasteiger partial charge in [0.1, 0.15) is 0 Å². The molecule has 2 heterocycles. The lowest BCUT2D eigenvalue weighted by atomic mass is 10.2. The molecule has 12 N–H and O–H groups in total. The summed E-state index contributed by atoms with van der Waals surface area (Å²) in [5, 5.41) is 22.7. The topological polar surface area (TPSA) is 283 Å². The number of carbonyl (C=O) groups is 4. The van der Waals surface area contributed by atoms with Crippen LogP contribution in [-0.4, -0.2) is 59.7 Å². The monoisotopic (exact) mass is 538 g/mol. The zero-order chi connectivity index (χ0) is 27.7. The van der Waals surface area contributed by atoms with Crippen LogP contribution in [0.25, 0.3) is 22.8 Å². The van der Waals surface area contributed by atoms with E-state index in [4.69, 9.17) is 11.5 Å². The number of aromatic nitrogens is 6. The Labute approximate surface area is 220 Å². The molecule has 39 heavy (non-hydrogen) atoms. The lowest BCUT2D eigenvalue weighted by molar-refractivity contribution is -0.115. The van der Waals surface area contributed by atoms with E-state index in [1.54, 1.807) is 48.5 Å². The van der Waals surface area contributed by atoms with Crippen molar-refractivity contribution in [3.63, 3.8) is 0 Å². The van der Waals surface area contributed by atoms with Crippen molar-refractivity contribution in [1.82, 2.24) is 30.4 Å². The van der Waals surface area contributed by atoms with Crippen molar-refractivity contribution in [2.24, 2.45) is 11.5 Å². The molecule has 2 aromatic carbocycles. The molecule has 17 nitrogen and oxygen atoms in total. The number of nitrogens with one attached hydrogen (secondary N) is 6. The summed E-state index contributed by atoms with van der Waals surface area (Å²) in [5.74, 6) is 0.902. The molecular formula is C22H26N12O5. The van der Waals surface area contributed by atoms with Crippen LogP contribution in [0.4, 0.5) is 32.9 Å². The Hall–Kier alpha value is -5.84. The summed E-state index contributed by atoms with van der Waals surface area (Å²) >= 11 is 0. The first-order valence-electron chi connectivity index (χ1n) is 10.8. The number of benzene rings is 2. The molecular weight excluding hydrogens is 512 g/mol. The van der Waals surface area contributed by atoms with Crippen molar-refractivity contribution < 1.29 is 24.7 Å². The molecule has 0 aliphatic carbocycles. The fraction of sp³-hybridized carbons (Fsp3) is 0.0909. The highest BCUT2D eigenvalue weighted by atomic mass is 16.2. The van der Waals surface area contributed by atoms with Crippen LogP contribution in [0.2, 0.25) is 0 Å². The van der Waals surface area contributed by atoms with Gasteiger partial charge in [0.25, 0.3) is 0 Å². The van der Waals surface area contributed by atoms with Crippen LogP contribution >= 0.6 is 0 Å². The van der Waals surface area contributed by atoms with Crippen molar-refractivity contribution in [1.29, 1.82) is 0 Å². The summed E-state index contributed by atoms with van der Waals surface area (Å²) in [6.07, 6.45) is 0. The molecule has 0 atom stereocenters. The van der Waals surface area contributed by atoms with Crippen molar-refractivity contribution in [3.05, 3.63) is 48.5 Å². The van der Waals surface area contributed by atoms with Crippen LogP contribution in [0.5, 0.6) is 0 Å². The summed E-state index contributed by atoms with van der Waals surface area (Å²) in [4.78, 5) is 51.1. The number of nitrogens with two attached hydrogens (primary N) is 2. The molecule has 0 spiro atoms. The number of H-pyrrole nitrogens is 2. The average molecular weight is 539 g/mol. The summed E-state index contributed by atoms with van der Waals surface area (Å²) in [6.45, 7) is 2.87. The minimum absolute atomic E-state index is 0. The molecule has 0 fully saturated rings. The van der Waals surface area contributed by atoms with Crippen LogP contribution in [-0.2, 0) is 9.59 Å². The molecule has 2 aromatic heterocycles. The summed E-state index contributed by atoms with van der Waals surface area (Å²) in [7, 11) is 0.